The van der Waals surface area contributed by atoms with Gasteiger partial charge in [-0.25, -0.2) is 9.59 Å². The lowest BCUT2D eigenvalue weighted by molar-refractivity contribution is -0.149. The summed E-state index contributed by atoms with van der Waals surface area (Å²) in [4.78, 5) is 20.1. The molecule has 0 aromatic heterocycles. The van der Waals surface area contributed by atoms with E-state index in [1.54, 1.807) is 0 Å². The zero-order valence-electron chi connectivity index (χ0n) is 14.1. The van der Waals surface area contributed by atoms with Crippen LogP contribution in [0.1, 0.15) is 32.3 Å². The number of hydrogen-bond donors (Lipinski definition) is 3. The smallest absolute Gasteiger partial charge is 0.416 e. The Labute approximate surface area is 152 Å². The quantitative estimate of drug-likeness (QED) is 0.366. The summed E-state index contributed by atoms with van der Waals surface area (Å²) < 4.78 is 68.8. The van der Waals surface area contributed by atoms with Crippen LogP contribution in [-0.2, 0) is 25.9 Å². The van der Waals surface area contributed by atoms with E-state index in [-0.39, 0.29) is 6.07 Å². The van der Waals surface area contributed by atoms with Crippen molar-refractivity contribution in [2.75, 3.05) is 0 Å². The fourth-order valence-corrected chi connectivity index (χ4v) is 1.92. The molecule has 0 spiro atoms. The number of carboxylic acids is 2. The topological polar surface area (TPSA) is 154 Å². The molecule has 9 nitrogen and oxygen atoms in total. The summed E-state index contributed by atoms with van der Waals surface area (Å²) in [6, 6.07) is -1.57. The summed E-state index contributed by atoms with van der Waals surface area (Å²) in [5.41, 5.74) is -2.42. The molecule has 3 N–H and O–H groups in total. The van der Waals surface area contributed by atoms with E-state index in [2.05, 4.69) is 24.1 Å². The molecule has 0 amide bonds. The molecular formula is C14H17F3N2O7S. The third-order valence-electron chi connectivity index (χ3n) is 2.81. The molecule has 152 valence electrons. The van der Waals surface area contributed by atoms with Gasteiger partial charge in [0.2, 0.25) is 0 Å². The molecule has 0 unspecified atom stereocenters. The summed E-state index contributed by atoms with van der Waals surface area (Å²) >= 11 is 0. The van der Waals surface area contributed by atoms with Crippen molar-refractivity contribution >= 4 is 27.7 Å². The third kappa shape index (κ3) is 8.13. The number of unbranched alkanes of at least 4 members (excludes halogenated alkanes) is 1. The monoisotopic (exact) mass is 414 g/mol. The van der Waals surface area contributed by atoms with Gasteiger partial charge in [0.05, 0.1) is 5.56 Å². The van der Waals surface area contributed by atoms with Crippen LogP contribution in [0.25, 0.3) is 0 Å². The second kappa shape index (κ2) is 9.97. The van der Waals surface area contributed by atoms with Crippen molar-refractivity contribution in [3.63, 3.8) is 0 Å². The third-order valence-corrected chi connectivity index (χ3v) is 3.71. The molecule has 0 heterocycles. The van der Waals surface area contributed by atoms with Gasteiger partial charge in [-0.15, -0.1) is 0 Å². The van der Waals surface area contributed by atoms with Crippen molar-refractivity contribution in [2.45, 2.75) is 43.8 Å². The first-order valence-corrected chi connectivity index (χ1v) is 8.74. The van der Waals surface area contributed by atoms with Crippen LogP contribution in [0.15, 0.2) is 33.3 Å². The molecule has 0 saturated heterocycles. The molecule has 0 bridgehead atoms. The van der Waals surface area contributed by atoms with Crippen LogP contribution in [-0.4, -0.2) is 41.2 Å². The van der Waals surface area contributed by atoms with Gasteiger partial charge in [-0.05, 0) is 18.2 Å². The van der Waals surface area contributed by atoms with Crippen LogP contribution in [0.3, 0.4) is 0 Å². The Bertz CT molecular complexity index is 791. The van der Waals surface area contributed by atoms with Crippen LogP contribution in [0.5, 0.6) is 0 Å². The Hall–Kier alpha value is -2.54. The highest BCUT2D eigenvalue weighted by Crippen LogP contribution is 2.35. The van der Waals surface area contributed by atoms with Gasteiger partial charge >= 0.3 is 18.1 Å². The first-order chi connectivity index (χ1) is 12.3. The Morgan fingerprint density at radius 2 is 1.59 bits per heavy atom. The Morgan fingerprint density at radius 1 is 1.11 bits per heavy atom. The van der Waals surface area contributed by atoms with Gasteiger partial charge in [0.1, 0.15) is 10.6 Å². The van der Waals surface area contributed by atoms with Gasteiger partial charge in [-0.1, -0.05) is 26.7 Å². The van der Waals surface area contributed by atoms with Gasteiger partial charge in [0, 0.05) is 0 Å². The lowest BCUT2D eigenvalue weighted by Gasteiger charge is -2.09. The van der Waals surface area contributed by atoms with E-state index in [4.69, 9.17) is 14.8 Å². The van der Waals surface area contributed by atoms with Crippen LogP contribution < -0.4 is 0 Å². The molecule has 1 rings (SSSR count). The molecular weight excluding hydrogens is 397 g/mol. The Balaban J connectivity index is 0.00000153. The summed E-state index contributed by atoms with van der Waals surface area (Å²) in [5.74, 6) is -3.94. The number of azo groups is 1. The number of nitrogens with zero attached hydrogens (tertiary/aromatic N) is 2. The highest BCUT2D eigenvalue weighted by Gasteiger charge is 2.32. The van der Waals surface area contributed by atoms with E-state index in [1.807, 2.05) is 0 Å². The molecule has 0 atom stereocenters. The lowest BCUT2D eigenvalue weighted by Crippen LogP contribution is -2.27. The number of aliphatic carboxylic acids is 2. The van der Waals surface area contributed by atoms with Crippen molar-refractivity contribution in [2.24, 2.45) is 10.2 Å². The Kier molecular flexibility index (Phi) is 9.03. The summed E-state index contributed by atoms with van der Waals surface area (Å²) in [5, 5.41) is 22.8. The largest absolute Gasteiger partial charge is 0.479 e. The van der Waals surface area contributed by atoms with Crippen molar-refractivity contribution in [3.05, 3.63) is 23.8 Å². The van der Waals surface area contributed by atoms with Crippen molar-refractivity contribution < 1.29 is 45.9 Å². The predicted octanol–water partition coefficient (Wildman–Crippen LogP) is 3.38. The minimum Gasteiger partial charge on any atom is -0.479 e. The number of alkyl halides is 3. The maximum absolute atomic E-state index is 12.6. The standard InChI is InChI=1S/C10H7F3N2O7S.C4H10/c11-10(12,13)4-1-2-6(23(20,21)22)5(3-4)14-15-7(8(16)17)9(18)19;1-3-4-2/h1-3,7H,(H,16,17)(H,18,19)(H,20,21,22);3-4H2,1-2H3. The average Bonchev–Trinajstić information content (AvgIpc) is 2.52. The minimum absolute atomic E-state index is 0.174. The first kappa shape index (κ1) is 24.5. The zero-order valence-corrected chi connectivity index (χ0v) is 15.0. The summed E-state index contributed by atoms with van der Waals surface area (Å²) in [6.45, 7) is 4.36. The van der Waals surface area contributed by atoms with E-state index in [0.29, 0.717) is 12.1 Å². The normalized spacial score (nSPS) is 12.0. The van der Waals surface area contributed by atoms with Crippen LogP contribution in [0.2, 0.25) is 0 Å². The highest BCUT2D eigenvalue weighted by molar-refractivity contribution is 7.86. The number of hydrogen-bond acceptors (Lipinski definition) is 6. The van der Waals surface area contributed by atoms with Crippen molar-refractivity contribution in [1.29, 1.82) is 0 Å². The first-order valence-electron chi connectivity index (χ1n) is 7.30. The van der Waals surface area contributed by atoms with Gasteiger partial charge in [-0.2, -0.15) is 31.8 Å². The van der Waals surface area contributed by atoms with Crippen LogP contribution in [0.4, 0.5) is 18.9 Å². The molecule has 0 saturated carbocycles. The van der Waals surface area contributed by atoms with Gasteiger partial charge in [0.15, 0.2) is 0 Å². The highest BCUT2D eigenvalue weighted by atomic mass is 32.2. The SMILES string of the molecule is CCCC.O=C(O)C(N=Nc1cc(C(F)(F)F)ccc1S(=O)(=O)O)C(=O)O. The molecule has 0 aliphatic heterocycles. The zero-order chi connectivity index (χ0) is 21.4. The fourth-order valence-electron chi connectivity index (χ4n) is 1.31. The number of halogens is 3. The molecule has 0 aliphatic carbocycles. The van der Waals surface area contributed by atoms with E-state index in [0.717, 1.165) is 0 Å². The predicted molar refractivity (Wildman–Crippen MR) is 85.4 cm³/mol. The van der Waals surface area contributed by atoms with E-state index in [9.17, 15) is 31.2 Å². The van der Waals surface area contributed by atoms with Gasteiger partial charge in [0.25, 0.3) is 16.2 Å². The average molecular weight is 414 g/mol. The molecule has 0 fully saturated rings. The van der Waals surface area contributed by atoms with Crippen LogP contribution in [0, 0.1) is 0 Å². The molecule has 0 aliphatic rings. The van der Waals surface area contributed by atoms with E-state index in [1.165, 1.54) is 12.8 Å². The second-order valence-electron chi connectivity index (χ2n) is 4.95. The molecule has 0 radical (unpaired) electrons. The molecule has 27 heavy (non-hydrogen) atoms. The lowest BCUT2D eigenvalue weighted by atomic mass is 10.2. The number of rotatable bonds is 6. The second-order valence-corrected chi connectivity index (χ2v) is 6.34. The Morgan fingerprint density at radius 3 is 1.93 bits per heavy atom. The number of carbonyl (C=O) groups is 2. The van der Waals surface area contributed by atoms with E-state index < -0.39 is 50.4 Å². The van der Waals surface area contributed by atoms with Crippen molar-refractivity contribution in [1.82, 2.24) is 0 Å². The maximum atomic E-state index is 12.6. The van der Waals surface area contributed by atoms with E-state index >= 15 is 0 Å². The van der Waals surface area contributed by atoms with Crippen molar-refractivity contribution in [3.8, 4) is 0 Å². The number of carboxylic acid groups (broad SMARTS) is 2. The summed E-state index contributed by atoms with van der Waals surface area (Å²) in [6.07, 6.45) is -2.25. The molecule has 1 aromatic rings. The van der Waals surface area contributed by atoms with Crippen LogP contribution >= 0.6 is 0 Å². The summed E-state index contributed by atoms with van der Waals surface area (Å²) in [7, 11) is -5.00. The molecule has 1 aromatic carbocycles. The fraction of sp³-hybridized carbons (Fsp3) is 0.429. The minimum atomic E-state index is -5.00. The molecule has 13 heteroatoms. The van der Waals surface area contributed by atoms with Gasteiger partial charge in [-0.3, -0.25) is 4.55 Å². The van der Waals surface area contributed by atoms with Gasteiger partial charge < -0.3 is 10.2 Å². The maximum Gasteiger partial charge on any atom is 0.416 e. The number of benzene rings is 1.